The van der Waals surface area contributed by atoms with Crippen LogP contribution in [0.2, 0.25) is 0 Å². The number of hydrazine groups is 1. The maximum atomic E-state index is 5.48. The van der Waals surface area contributed by atoms with Gasteiger partial charge in [0.2, 0.25) is 0 Å². The molecule has 0 bridgehead atoms. The van der Waals surface area contributed by atoms with Crippen LogP contribution in [0.25, 0.3) is 0 Å². The van der Waals surface area contributed by atoms with Crippen molar-refractivity contribution >= 4 is 11.6 Å². The van der Waals surface area contributed by atoms with Gasteiger partial charge in [-0.05, 0) is 25.8 Å². The molecule has 2 fully saturated rings. The molecule has 2 saturated heterocycles. The number of fused-ring (bicyclic) bond motifs is 1. The first-order valence-electron chi connectivity index (χ1n) is 7.64. The summed E-state index contributed by atoms with van der Waals surface area (Å²) in [6.07, 6.45) is 5.10. The summed E-state index contributed by atoms with van der Waals surface area (Å²) in [5.41, 5.74) is 2.59. The highest BCUT2D eigenvalue weighted by atomic mass is 16.5. The van der Waals surface area contributed by atoms with Crippen molar-refractivity contribution in [2.75, 3.05) is 30.9 Å². The predicted molar refractivity (Wildman–Crippen MR) is 81.8 cm³/mol. The van der Waals surface area contributed by atoms with Crippen LogP contribution in [0, 0.1) is 0 Å². The van der Waals surface area contributed by atoms with Crippen LogP contribution in [-0.4, -0.2) is 47.2 Å². The van der Waals surface area contributed by atoms with Crippen molar-refractivity contribution in [2.45, 2.75) is 44.4 Å². The van der Waals surface area contributed by atoms with Crippen molar-refractivity contribution in [3.05, 3.63) is 11.9 Å². The van der Waals surface area contributed by atoms with Crippen LogP contribution in [0.15, 0.2) is 6.07 Å². The van der Waals surface area contributed by atoms with Gasteiger partial charge in [0.05, 0.1) is 0 Å². The van der Waals surface area contributed by atoms with Gasteiger partial charge in [0.1, 0.15) is 18.2 Å². The summed E-state index contributed by atoms with van der Waals surface area (Å²) in [5, 5.41) is 3.57. The van der Waals surface area contributed by atoms with Crippen molar-refractivity contribution in [3.63, 3.8) is 0 Å². The number of piperidine rings is 1. The molecule has 3 rings (SSSR count). The maximum Gasteiger partial charge on any atom is 0.158 e. The number of nitrogen functional groups attached to an aromatic ring is 1. The summed E-state index contributed by atoms with van der Waals surface area (Å²) in [4.78, 5) is 11.4. The average Bonchev–Trinajstić information content (AvgIpc) is 2.91. The molecule has 21 heavy (non-hydrogen) atoms. The van der Waals surface area contributed by atoms with E-state index in [0.29, 0.717) is 30.3 Å². The van der Waals surface area contributed by atoms with Gasteiger partial charge in [-0.25, -0.2) is 15.8 Å². The molecule has 2 aliphatic rings. The van der Waals surface area contributed by atoms with E-state index < -0.39 is 0 Å². The third-order valence-corrected chi connectivity index (χ3v) is 4.38. The predicted octanol–water partition coefficient (Wildman–Crippen LogP) is 0.947. The Labute approximate surface area is 125 Å². The number of methoxy groups -OCH3 is 1. The Morgan fingerprint density at radius 1 is 1.29 bits per heavy atom. The molecule has 116 valence electrons. The highest BCUT2D eigenvalue weighted by Gasteiger charge is 2.35. The lowest BCUT2D eigenvalue weighted by Crippen LogP contribution is -2.41. The van der Waals surface area contributed by atoms with Crippen LogP contribution in [-0.2, 0) is 11.3 Å². The van der Waals surface area contributed by atoms with Gasteiger partial charge in [-0.3, -0.25) is 4.90 Å². The average molecular weight is 292 g/mol. The Hall–Kier alpha value is -1.44. The maximum absolute atomic E-state index is 5.48. The lowest BCUT2D eigenvalue weighted by atomic mass is 9.99. The number of ether oxygens (including phenoxy) is 1. The molecule has 4 N–H and O–H groups in total. The molecule has 0 amide bonds. The number of anilines is 2. The monoisotopic (exact) mass is 292 g/mol. The quantitative estimate of drug-likeness (QED) is 0.550. The first-order valence-corrected chi connectivity index (χ1v) is 7.64. The standard InChI is InChI=1S/C14H24N6O/c1-21-9-14-17-12(8-13(18-14)19-15)16-10-5-7-20-6-3-2-4-11(10)20/h8,10-11H,2-7,9,15H2,1H3,(H2,16,17,18,19). The Morgan fingerprint density at radius 2 is 2.14 bits per heavy atom. The van der Waals surface area contributed by atoms with Gasteiger partial charge >= 0.3 is 0 Å². The summed E-state index contributed by atoms with van der Waals surface area (Å²) in [6.45, 7) is 2.79. The van der Waals surface area contributed by atoms with Gasteiger partial charge in [-0.1, -0.05) is 6.42 Å². The normalized spacial score (nSPS) is 25.6. The number of hydrogen-bond acceptors (Lipinski definition) is 7. The van der Waals surface area contributed by atoms with E-state index in [4.69, 9.17) is 10.6 Å². The SMILES string of the molecule is COCc1nc(NN)cc(NC2CCN3CCCCC23)n1. The fraction of sp³-hybridized carbons (Fsp3) is 0.714. The van der Waals surface area contributed by atoms with E-state index in [9.17, 15) is 0 Å². The number of nitrogens with zero attached hydrogens (tertiary/aromatic N) is 3. The molecular weight excluding hydrogens is 268 g/mol. The van der Waals surface area contributed by atoms with Crippen LogP contribution in [0.1, 0.15) is 31.5 Å². The third-order valence-electron chi connectivity index (χ3n) is 4.38. The minimum Gasteiger partial charge on any atom is -0.377 e. The van der Waals surface area contributed by atoms with E-state index in [-0.39, 0.29) is 0 Å². The van der Waals surface area contributed by atoms with Gasteiger partial charge in [-0.15, -0.1) is 0 Å². The summed E-state index contributed by atoms with van der Waals surface area (Å²) >= 11 is 0. The van der Waals surface area contributed by atoms with Gasteiger partial charge in [-0.2, -0.15) is 0 Å². The fourth-order valence-corrected chi connectivity index (χ4v) is 3.44. The Bertz CT molecular complexity index is 483. The van der Waals surface area contributed by atoms with E-state index in [1.807, 2.05) is 6.07 Å². The van der Waals surface area contributed by atoms with E-state index >= 15 is 0 Å². The lowest BCUT2D eigenvalue weighted by molar-refractivity contribution is 0.178. The van der Waals surface area contributed by atoms with E-state index in [2.05, 4.69) is 25.6 Å². The van der Waals surface area contributed by atoms with Crippen LogP contribution in [0.3, 0.4) is 0 Å². The van der Waals surface area contributed by atoms with Gasteiger partial charge in [0, 0.05) is 31.8 Å². The second-order valence-corrected chi connectivity index (χ2v) is 5.77. The highest BCUT2D eigenvalue weighted by molar-refractivity contribution is 5.47. The number of hydrogen-bond donors (Lipinski definition) is 3. The van der Waals surface area contributed by atoms with Crippen molar-refractivity contribution in [2.24, 2.45) is 5.84 Å². The van der Waals surface area contributed by atoms with Gasteiger partial charge < -0.3 is 15.5 Å². The molecule has 7 heteroatoms. The Balaban J connectivity index is 1.73. The molecule has 3 heterocycles. The number of nitrogens with two attached hydrogens (primary N) is 1. The van der Waals surface area contributed by atoms with Crippen molar-refractivity contribution in [1.82, 2.24) is 14.9 Å². The molecule has 2 unspecified atom stereocenters. The molecule has 2 atom stereocenters. The third kappa shape index (κ3) is 3.25. The molecule has 2 aliphatic heterocycles. The smallest absolute Gasteiger partial charge is 0.158 e. The van der Waals surface area contributed by atoms with Crippen LogP contribution >= 0.6 is 0 Å². The molecule has 0 radical (unpaired) electrons. The summed E-state index contributed by atoms with van der Waals surface area (Å²) < 4.78 is 5.11. The Morgan fingerprint density at radius 3 is 2.95 bits per heavy atom. The first kappa shape index (κ1) is 14.5. The zero-order chi connectivity index (χ0) is 14.7. The number of aromatic nitrogens is 2. The van der Waals surface area contributed by atoms with E-state index in [0.717, 1.165) is 5.82 Å². The zero-order valence-electron chi connectivity index (χ0n) is 12.5. The minimum atomic E-state index is 0.379. The van der Waals surface area contributed by atoms with Gasteiger partial charge in [0.15, 0.2) is 5.82 Å². The molecule has 0 aromatic carbocycles. The summed E-state index contributed by atoms with van der Waals surface area (Å²) in [6, 6.07) is 2.94. The van der Waals surface area contributed by atoms with E-state index in [1.54, 1.807) is 7.11 Å². The summed E-state index contributed by atoms with van der Waals surface area (Å²) in [7, 11) is 1.63. The zero-order valence-corrected chi connectivity index (χ0v) is 12.5. The van der Waals surface area contributed by atoms with Crippen LogP contribution < -0.4 is 16.6 Å². The highest BCUT2D eigenvalue weighted by Crippen LogP contribution is 2.29. The van der Waals surface area contributed by atoms with Crippen molar-refractivity contribution in [3.8, 4) is 0 Å². The van der Waals surface area contributed by atoms with Crippen molar-refractivity contribution in [1.29, 1.82) is 0 Å². The second kappa shape index (κ2) is 6.55. The molecule has 0 aliphatic carbocycles. The minimum absolute atomic E-state index is 0.379. The lowest BCUT2D eigenvalue weighted by Gasteiger charge is -2.32. The second-order valence-electron chi connectivity index (χ2n) is 5.77. The number of rotatable bonds is 5. The molecule has 0 spiro atoms. The summed E-state index contributed by atoms with van der Waals surface area (Å²) in [5.74, 6) is 7.55. The topological polar surface area (TPSA) is 88.3 Å². The molecule has 1 aromatic rings. The number of nitrogens with one attached hydrogen (secondary N) is 2. The first-order chi connectivity index (χ1) is 10.3. The molecule has 0 saturated carbocycles. The molecule has 1 aromatic heterocycles. The van der Waals surface area contributed by atoms with Crippen LogP contribution in [0.4, 0.5) is 11.6 Å². The largest absolute Gasteiger partial charge is 0.377 e. The van der Waals surface area contributed by atoms with Crippen LogP contribution in [0.5, 0.6) is 0 Å². The molecular formula is C14H24N6O. The van der Waals surface area contributed by atoms with Gasteiger partial charge in [0.25, 0.3) is 0 Å². The van der Waals surface area contributed by atoms with Crippen molar-refractivity contribution < 1.29 is 4.74 Å². The fourth-order valence-electron chi connectivity index (χ4n) is 3.44. The molecule has 7 nitrogen and oxygen atoms in total. The van der Waals surface area contributed by atoms with E-state index in [1.165, 1.54) is 38.8 Å². The Kier molecular flexibility index (Phi) is 4.52.